The molecule has 4 rings (SSSR count). The van der Waals surface area contributed by atoms with Crippen molar-refractivity contribution in [2.45, 2.75) is 51.1 Å². The van der Waals surface area contributed by atoms with Gasteiger partial charge < -0.3 is 19.5 Å². The maximum atomic E-state index is 13.6. The van der Waals surface area contributed by atoms with E-state index < -0.39 is 17.9 Å². The Kier molecular flexibility index (Phi) is 7.47. The average molecular weight is 464 g/mol. The first-order chi connectivity index (χ1) is 16.6. The summed E-state index contributed by atoms with van der Waals surface area (Å²) in [6.07, 6.45) is 7.49. The lowest BCUT2D eigenvalue weighted by molar-refractivity contribution is -0.127. The summed E-state index contributed by atoms with van der Waals surface area (Å²) in [7, 11) is 0. The van der Waals surface area contributed by atoms with Crippen molar-refractivity contribution in [1.82, 2.24) is 10.6 Å². The first-order valence-electron chi connectivity index (χ1n) is 11.6. The Hall–Kier alpha value is -3.81. The average Bonchev–Trinajstić information content (AvgIpc) is 3.64. The highest BCUT2D eigenvalue weighted by atomic mass is 16.3. The molecule has 1 atom stereocenters. The molecule has 1 aliphatic rings. The summed E-state index contributed by atoms with van der Waals surface area (Å²) in [5.74, 6) is -0.795. The minimum atomic E-state index is -1.02. The molecule has 3 aromatic rings. The predicted molar refractivity (Wildman–Crippen MR) is 126 cm³/mol. The van der Waals surface area contributed by atoms with Gasteiger partial charge in [0, 0.05) is 11.7 Å². The third-order valence-electron chi connectivity index (χ3n) is 6.07. The summed E-state index contributed by atoms with van der Waals surface area (Å²) in [5, 5.41) is 5.70. The fraction of sp³-hybridized carbons (Fsp3) is 0.346. The quantitative estimate of drug-likeness (QED) is 0.499. The van der Waals surface area contributed by atoms with Crippen LogP contribution in [0.25, 0.3) is 0 Å². The number of amides is 3. The number of hydrogen-bond acceptors (Lipinski definition) is 5. The van der Waals surface area contributed by atoms with Gasteiger partial charge in [-0.05, 0) is 55.2 Å². The van der Waals surface area contributed by atoms with Crippen LogP contribution >= 0.6 is 0 Å². The SMILES string of the molecule is CCc1ccccc1N(C(=O)CNC(=O)c1ccco1)C(C(=O)NC1CCCC1)c1ccco1. The van der Waals surface area contributed by atoms with Crippen LogP contribution in [0.5, 0.6) is 0 Å². The largest absolute Gasteiger partial charge is 0.467 e. The molecule has 1 saturated carbocycles. The first-order valence-corrected chi connectivity index (χ1v) is 11.6. The predicted octanol–water partition coefficient (Wildman–Crippen LogP) is 4.00. The lowest BCUT2D eigenvalue weighted by Crippen LogP contribution is -2.49. The molecule has 8 nitrogen and oxygen atoms in total. The second kappa shape index (κ2) is 10.9. The van der Waals surface area contributed by atoms with Crippen molar-refractivity contribution < 1.29 is 23.2 Å². The Morgan fingerprint density at radius 2 is 1.74 bits per heavy atom. The number of furan rings is 2. The zero-order valence-electron chi connectivity index (χ0n) is 19.2. The van der Waals surface area contributed by atoms with E-state index >= 15 is 0 Å². The molecule has 34 heavy (non-hydrogen) atoms. The third kappa shape index (κ3) is 5.22. The van der Waals surface area contributed by atoms with Crippen molar-refractivity contribution in [3.63, 3.8) is 0 Å². The van der Waals surface area contributed by atoms with E-state index in [1.807, 2.05) is 31.2 Å². The van der Waals surface area contributed by atoms with E-state index in [2.05, 4.69) is 10.6 Å². The van der Waals surface area contributed by atoms with Crippen LogP contribution in [0, 0.1) is 0 Å². The van der Waals surface area contributed by atoms with E-state index in [0.29, 0.717) is 17.9 Å². The second-order valence-electron chi connectivity index (χ2n) is 8.31. The van der Waals surface area contributed by atoms with E-state index in [0.717, 1.165) is 31.2 Å². The van der Waals surface area contributed by atoms with Gasteiger partial charge >= 0.3 is 0 Å². The Labute approximate surface area is 198 Å². The van der Waals surface area contributed by atoms with Crippen molar-refractivity contribution >= 4 is 23.4 Å². The number of carbonyl (C=O) groups excluding carboxylic acids is 3. The highest BCUT2D eigenvalue weighted by Crippen LogP contribution is 2.32. The third-order valence-corrected chi connectivity index (χ3v) is 6.07. The molecule has 0 spiro atoms. The van der Waals surface area contributed by atoms with E-state index in [9.17, 15) is 14.4 Å². The van der Waals surface area contributed by atoms with E-state index in [1.165, 1.54) is 23.5 Å². The number of rotatable bonds is 9. The molecular formula is C26H29N3O5. The van der Waals surface area contributed by atoms with Gasteiger partial charge in [-0.2, -0.15) is 0 Å². The summed E-state index contributed by atoms with van der Waals surface area (Å²) in [6.45, 7) is 1.67. The Morgan fingerprint density at radius 3 is 2.41 bits per heavy atom. The lowest BCUT2D eigenvalue weighted by Gasteiger charge is -2.32. The van der Waals surface area contributed by atoms with E-state index in [1.54, 1.807) is 18.2 Å². The van der Waals surface area contributed by atoms with Crippen LogP contribution in [0.15, 0.2) is 69.9 Å². The number of nitrogens with one attached hydrogen (secondary N) is 2. The fourth-order valence-electron chi connectivity index (χ4n) is 4.37. The summed E-state index contributed by atoms with van der Waals surface area (Å²) < 4.78 is 10.7. The Morgan fingerprint density at radius 1 is 1.00 bits per heavy atom. The number of aryl methyl sites for hydroxylation is 1. The van der Waals surface area contributed by atoms with Crippen LogP contribution in [0.4, 0.5) is 5.69 Å². The zero-order valence-corrected chi connectivity index (χ0v) is 19.2. The number of nitrogens with zero attached hydrogens (tertiary/aromatic N) is 1. The summed E-state index contributed by atoms with van der Waals surface area (Å²) in [5.41, 5.74) is 1.50. The molecular weight excluding hydrogens is 434 g/mol. The standard InChI is InChI=1S/C26H29N3O5/c1-2-18-9-3-6-12-20(18)29(23(30)17-27-25(31)22-14-8-16-34-22)24(21-13-7-15-33-21)26(32)28-19-10-4-5-11-19/h3,6-9,12-16,19,24H,2,4-5,10-11,17H2,1H3,(H,27,31)(H,28,32). The van der Waals surface area contributed by atoms with Crippen molar-refractivity contribution in [2.75, 3.05) is 11.4 Å². The van der Waals surface area contributed by atoms with Crippen molar-refractivity contribution in [1.29, 1.82) is 0 Å². The van der Waals surface area contributed by atoms with Gasteiger partial charge in [0.15, 0.2) is 11.8 Å². The van der Waals surface area contributed by atoms with Crippen LogP contribution in [-0.4, -0.2) is 30.3 Å². The van der Waals surface area contributed by atoms with E-state index in [-0.39, 0.29) is 24.3 Å². The topological polar surface area (TPSA) is 105 Å². The summed E-state index contributed by atoms with van der Waals surface area (Å²) in [6, 6.07) is 13.0. The lowest BCUT2D eigenvalue weighted by atomic mass is 10.0. The normalized spacial score (nSPS) is 14.5. The monoisotopic (exact) mass is 463 g/mol. The molecule has 0 radical (unpaired) electrons. The maximum absolute atomic E-state index is 13.6. The molecule has 2 aromatic heterocycles. The molecule has 0 saturated heterocycles. The Bertz CT molecular complexity index is 1100. The number of carbonyl (C=O) groups is 3. The molecule has 1 fully saturated rings. The highest BCUT2D eigenvalue weighted by Gasteiger charge is 2.37. The summed E-state index contributed by atoms with van der Waals surface area (Å²) >= 11 is 0. The number of para-hydroxylation sites is 1. The van der Waals surface area contributed by atoms with Gasteiger partial charge in [0.2, 0.25) is 5.91 Å². The van der Waals surface area contributed by atoms with Gasteiger partial charge in [-0.15, -0.1) is 0 Å². The van der Waals surface area contributed by atoms with Gasteiger partial charge in [-0.1, -0.05) is 38.0 Å². The molecule has 2 heterocycles. The number of hydrogen-bond donors (Lipinski definition) is 2. The Balaban J connectivity index is 1.67. The molecule has 1 unspecified atom stereocenters. The molecule has 3 amide bonds. The van der Waals surface area contributed by atoms with Crippen molar-refractivity contribution in [3.05, 3.63) is 78.1 Å². The van der Waals surface area contributed by atoms with Crippen LogP contribution in [0.2, 0.25) is 0 Å². The molecule has 1 aromatic carbocycles. The van der Waals surface area contributed by atoms with Crippen LogP contribution in [-0.2, 0) is 16.0 Å². The van der Waals surface area contributed by atoms with Crippen LogP contribution in [0.3, 0.4) is 0 Å². The number of benzene rings is 1. The maximum Gasteiger partial charge on any atom is 0.287 e. The van der Waals surface area contributed by atoms with Gasteiger partial charge in [-0.25, -0.2) is 0 Å². The fourth-order valence-corrected chi connectivity index (χ4v) is 4.37. The molecule has 0 bridgehead atoms. The molecule has 2 N–H and O–H groups in total. The van der Waals surface area contributed by atoms with Crippen LogP contribution in [0.1, 0.15) is 60.5 Å². The molecule has 1 aliphatic carbocycles. The van der Waals surface area contributed by atoms with Crippen molar-refractivity contribution in [3.8, 4) is 0 Å². The number of anilines is 1. The minimum Gasteiger partial charge on any atom is -0.467 e. The second-order valence-corrected chi connectivity index (χ2v) is 8.31. The highest BCUT2D eigenvalue weighted by molar-refractivity contribution is 6.04. The van der Waals surface area contributed by atoms with Crippen molar-refractivity contribution in [2.24, 2.45) is 0 Å². The van der Waals surface area contributed by atoms with Crippen LogP contribution < -0.4 is 15.5 Å². The smallest absolute Gasteiger partial charge is 0.287 e. The van der Waals surface area contributed by atoms with Gasteiger partial charge in [0.05, 0.1) is 19.1 Å². The molecule has 0 aliphatic heterocycles. The minimum absolute atomic E-state index is 0.0713. The zero-order chi connectivity index (χ0) is 23.9. The van der Waals surface area contributed by atoms with E-state index in [4.69, 9.17) is 8.83 Å². The van der Waals surface area contributed by atoms with Gasteiger partial charge in [-0.3, -0.25) is 19.3 Å². The summed E-state index contributed by atoms with van der Waals surface area (Å²) in [4.78, 5) is 41.0. The molecule has 8 heteroatoms. The van der Waals surface area contributed by atoms with Gasteiger partial charge in [0.25, 0.3) is 11.8 Å². The first kappa shape index (κ1) is 23.4. The van der Waals surface area contributed by atoms with Gasteiger partial charge in [0.1, 0.15) is 5.76 Å². The molecule has 178 valence electrons.